The van der Waals surface area contributed by atoms with E-state index in [2.05, 4.69) is 15.9 Å². The van der Waals surface area contributed by atoms with Gasteiger partial charge in [0, 0.05) is 23.4 Å². The van der Waals surface area contributed by atoms with Crippen molar-refractivity contribution in [3.05, 3.63) is 41.5 Å². The summed E-state index contributed by atoms with van der Waals surface area (Å²) in [6.45, 7) is 0. The number of hydrogen-bond donors (Lipinski definition) is 1. The summed E-state index contributed by atoms with van der Waals surface area (Å²) in [4.78, 5) is 22.1. The van der Waals surface area contributed by atoms with Crippen LogP contribution < -0.4 is 0 Å². The van der Waals surface area contributed by atoms with Gasteiger partial charge in [-0.05, 0) is 11.6 Å². The standard InChI is InChI=1S/C12H11BrO3/c13-8-7-11(14)10-4-2-1-3-9(10)5-6-12(15)16/h1-6H,7-8H2,(H,15,16). The average molecular weight is 283 g/mol. The first-order valence-corrected chi connectivity index (χ1v) is 5.86. The number of halogens is 1. The normalized spacial score (nSPS) is 10.6. The number of carbonyl (C=O) groups excluding carboxylic acids is 1. The van der Waals surface area contributed by atoms with Gasteiger partial charge in [0.1, 0.15) is 0 Å². The molecule has 16 heavy (non-hydrogen) atoms. The van der Waals surface area contributed by atoms with Gasteiger partial charge in [-0.2, -0.15) is 0 Å². The highest BCUT2D eigenvalue weighted by Gasteiger charge is 2.08. The largest absolute Gasteiger partial charge is 0.478 e. The molecular formula is C12H11BrO3. The monoisotopic (exact) mass is 282 g/mol. The highest BCUT2D eigenvalue weighted by atomic mass is 79.9. The molecule has 0 amide bonds. The lowest BCUT2D eigenvalue weighted by Crippen LogP contribution is -2.02. The number of rotatable bonds is 5. The highest BCUT2D eigenvalue weighted by molar-refractivity contribution is 9.09. The third-order valence-electron chi connectivity index (χ3n) is 1.99. The molecule has 0 aliphatic heterocycles. The molecule has 3 nitrogen and oxygen atoms in total. The minimum Gasteiger partial charge on any atom is -0.478 e. The van der Waals surface area contributed by atoms with Crippen LogP contribution in [-0.4, -0.2) is 22.2 Å². The molecule has 1 N–H and O–H groups in total. The molecule has 1 aromatic carbocycles. The van der Waals surface area contributed by atoms with Gasteiger partial charge < -0.3 is 5.11 Å². The van der Waals surface area contributed by atoms with Crippen molar-refractivity contribution in [2.24, 2.45) is 0 Å². The van der Waals surface area contributed by atoms with Crippen molar-refractivity contribution in [2.45, 2.75) is 6.42 Å². The van der Waals surface area contributed by atoms with Gasteiger partial charge in [0.25, 0.3) is 0 Å². The molecule has 0 aliphatic rings. The molecule has 84 valence electrons. The first kappa shape index (κ1) is 12.6. The van der Waals surface area contributed by atoms with Crippen LogP contribution in [0.5, 0.6) is 0 Å². The molecule has 4 heteroatoms. The van der Waals surface area contributed by atoms with E-state index in [1.165, 1.54) is 6.08 Å². The van der Waals surface area contributed by atoms with E-state index in [9.17, 15) is 9.59 Å². The Hall–Kier alpha value is -1.42. The van der Waals surface area contributed by atoms with Crippen molar-refractivity contribution in [3.63, 3.8) is 0 Å². The molecule has 0 saturated heterocycles. The number of alkyl halides is 1. The Balaban J connectivity index is 3.00. The van der Waals surface area contributed by atoms with Gasteiger partial charge in [-0.15, -0.1) is 0 Å². The molecule has 0 radical (unpaired) electrons. The Morgan fingerprint density at radius 2 is 2.00 bits per heavy atom. The lowest BCUT2D eigenvalue weighted by molar-refractivity contribution is -0.131. The topological polar surface area (TPSA) is 54.4 Å². The molecule has 0 bridgehead atoms. The second-order valence-corrected chi connectivity index (χ2v) is 3.91. The first-order valence-electron chi connectivity index (χ1n) is 4.74. The number of benzene rings is 1. The number of Topliss-reactive ketones (excluding diaryl/α,β-unsaturated/α-hetero) is 1. The molecule has 0 saturated carbocycles. The second kappa shape index (κ2) is 6.23. The van der Waals surface area contributed by atoms with Crippen molar-refractivity contribution in [1.82, 2.24) is 0 Å². The van der Waals surface area contributed by atoms with Crippen LogP contribution >= 0.6 is 15.9 Å². The number of hydrogen-bond acceptors (Lipinski definition) is 2. The third-order valence-corrected chi connectivity index (χ3v) is 2.38. The molecule has 0 spiro atoms. The molecule has 0 unspecified atom stereocenters. The number of carboxylic acids is 1. The summed E-state index contributed by atoms with van der Waals surface area (Å²) in [5, 5.41) is 9.13. The predicted molar refractivity (Wildman–Crippen MR) is 65.9 cm³/mol. The first-order chi connectivity index (χ1) is 7.65. The molecule has 0 heterocycles. The zero-order chi connectivity index (χ0) is 12.0. The SMILES string of the molecule is O=C(O)C=Cc1ccccc1C(=O)CCBr. The van der Waals surface area contributed by atoms with Crippen molar-refractivity contribution in [1.29, 1.82) is 0 Å². The summed E-state index contributed by atoms with van der Waals surface area (Å²) in [6.07, 6.45) is 2.86. The summed E-state index contributed by atoms with van der Waals surface area (Å²) in [5.74, 6) is -1.02. The van der Waals surface area contributed by atoms with Gasteiger partial charge in [-0.1, -0.05) is 40.2 Å². The molecular weight excluding hydrogens is 272 g/mol. The fraction of sp³-hybridized carbons (Fsp3) is 0.167. The Morgan fingerprint density at radius 3 is 2.62 bits per heavy atom. The smallest absolute Gasteiger partial charge is 0.328 e. The third kappa shape index (κ3) is 3.62. The van der Waals surface area contributed by atoms with E-state index in [1.807, 2.05) is 0 Å². The van der Waals surface area contributed by atoms with Crippen LogP contribution in [-0.2, 0) is 4.79 Å². The van der Waals surface area contributed by atoms with Crippen LogP contribution in [0, 0.1) is 0 Å². The maximum Gasteiger partial charge on any atom is 0.328 e. The predicted octanol–water partition coefficient (Wildman–Crippen LogP) is 2.75. The van der Waals surface area contributed by atoms with E-state index >= 15 is 0 Å². The summed E-state index contributed by atoms with van der Waals surface area (Å²) in [7, 11) is 0. The number of carboxylic acid groups (broad SMARTS) is 1. The Morgan fingerprint density at radius 1 is 1.31 bits per heavy atom. The Labute approximate surface area is 102 Å². The molecule has 1 rings (SSSR count). The molecule has 0 fully saturated rings. The van der Waals surface area contributed by atoms with Crippen molar-refractivity contribution in [3.8, 4) is 0 Å². The fourth-order valence-electron chi connectivity index (χ4n) is 1.28. The molecule has 0 atom stereocenters. The number of ketones is 1. The summed E-state index contributed by atoms with van der Waals surface area (Å²) in [6, 6.07) is 6.96. The summed E-state index contributed by atoms with van der Waals surface area (Å²) >= 11 is 3.20. The van der Waals surface area contributed by atoms with Crippen LogP contribution in [0.4, 0.5) is 0 Å². The van der Waals surface area contributed by atoms with E-state index in [1.54, 1.807) is 24.3 Å². The molecule has 0 aliphatic carbocycles. The van der Waals surface area contributed by atoms with Crippen LogP contribution in [0.2, 0.25) is 0 Å². The van der Waals surface area contributed by atoms with Crippen molar-refractivity contribution >= 4 is 33.8 Å². The maximum atomic E-state index is 11.7. The van der Waals surface area contributed by atoms with Gasteiger partial charge in [-0.3, -0.25) is 4.79 Å². The quantitative estimate of drug-likeness (QED) is 0.513. The average Bonchev–Trinajstić information content (AvgIpc) is 2.27. The number of carbonyl (C=O) groups is 2. The molecule has 0 aromatic heterocycles. The maximum absolute atomic E-state index is 11.7. The lowest BCUT2D eigenvalue weighted by Gasteiger charge is -2.03. The van der Waals surface area contributed by atoms with Gasteiger partial charge in [0.15, 0.2) is 5.78 Å². The minimum absolute atomic E-state index is 0.00233. The fourth-order valence-corrected chi connectivity index (χ4v) is 1.64. The van der Waals surface area contributed by atoms with Crippen molar-refractivity contribution < 1.29 is 14.7 Å². The zero-order valence-corrected chi connectivity index (χ0v) is 10.1. The van der Waals surface area contributed by atoms with Crippen LogP contribution in [0.1, 0.15) is 22.3 Å². The van der Waals surface area contributed by atoms with Crippen LogP contribution in [0.25, 0.3) is 6.08 Å². The highest BCUT2D eigenvalue weighted by Crippen LogP contribution is 2.13. The van der Waals surface area contributed by atoms with Crippen LogP contribution in [0.3, 0.4) is 0 Å². The van der Waals surface area contributed by atoms with Crippen LogP contribution in [0.15, 0.2) is 30.3 Å². The summed E-state index contributed by atoms with van der Waals surface area (Å²) < 4.78 is 0. The van der Waals surface area contributed by atoms with Gasteiger partial charge >= 0.3 is 5.97 Å². The van der Waals surface area contributed by atoms with E-state index in [0.29, 0.717) is 22.9 Å². The Kier molecular flexibility index (Phi) is 4.92. The summed E-state index contributed by atoms with van der Waals surface area (Å²) in [5.41, 5.74) is 1.19. The van der Waals surface area contributed by atoms with E-state index in [0.717, 1.165) is 6.08 Å². The van der Waals surface area contributed by atoms with Gasteiger partial charge in [0.05, 0.1) is 0 Å². The van der Waals surface area contributed by atoms with Gasteiger partial charge in [0.2, 0.25) is 0 Å². The lowest BCUT2D eigenvalue weighted by atomic mass is 10.0. The van der Waals surface area contributed by atoms with E-state index in [-0.39, 0.29) is 5.78 Å². The minimum atomic E-state index is -1.03. The van der Waals surface area contributed by atoms with Crippen molar-refractivity contribution in [2.75, 3.05) is 5.33 Å². The van der Waals surface area contributed by atoms with E-state index in [4.69, 9.17) is 5.11 Å². The van der Waals surface area contributed by atoms with Gasteiger partial charge in [-0.25, -0.2) is 4.79 Å². The molecule has 1 aromatic rings. The Bertz CT molecular complexity index is 424. The van der Waals surface area contributed by atoms with E-state index < -0.39 is 5.97 Å². The second-order valence-electron chi connectivity index (χ2n) is 3.12. The number of aliphatic carboxylic acids is 1. The zero-order valence-electron chi connectivity index (χ0n) is 8.52.